The Bertz CT molecular complexity index is 1390. The van der Waals surface area contributed by atoms with Crippen LogP contribution < -0.4 is 16.6 Å². The summed E-state index contributed by atoms with van der Waals surface area (Å²) in [6, 6.07) is 4.55. The van der Waals surface area contributed by atoms with Crippen molar-refractivity contribution >= 4 is 46.0 Å². The van der Waals surface area contributed by atoms with Gasteiger partial charge in [0.05, 0.1) is 34.4 Å². The zero-order chi connectivity index (χ0) is 20.7. The van der Waals surface area contributed by atoms with Crippen LogP contribution in [0.2, 0.25) is 10.2 Å². The average Bonchev–Trinajstić information content (AvgIpc) is 3.11. The van der Waals surface area contributed by atoms with Crippen LogP contribution in [-0.2, 0) is 7.05 Å². The number of anilines is 1. The number of aryl methyl sites for hydroxylation is 1. The number of H-pyrrole nitrogens is 1. The van der Waals surface area contributed by atoms with Crippen molar-refractivity contribution in [3.8, 4) is 5.69 Å². The van der Waals surface area contributed by atoms with Gasteiger partial charge in [-0.1, -0.05) is 29.3 Å². The summed E-state index contributed by atoms with van der Waals surface area (Å²) in [4.78, 5) is 48.0. The Hall–Kier alpha value is -3.50. The molecule has 0 atom stereocenters. The zero-order valence-corrected chi connectivity index (χ0v) is 16.2. The molecule has 0 saturated heterocycles. The maximum Gasteiger partial charge on any atom is 0.334 e. The van der Waals surface area contributed by atoms with Crippen LogP contribution in [0.25, 0.3) is 16.9 Å². The summed E-state index contributed by atoms with van der Waals surface area (Å²) < 4.78 is 2.29. The van der Waals surface area contributed by atoms with E-state index in [2.05, 4.69) is 25.4 Å². The maximum atomic E-state index is 12.8. The number of hydrogen-bond acceptors (Lipinski definition) is 6. The molecule has 1 aromatic carbocycles. The van der Waals surface area contributed by atoms with Crippen LogP contribution in [0.4, 0.5) is 5.69 Å². The number of hydrogen-bond donors (Lipinski definition) is 2. The van der Waals surface area contributed by atoms with Crippen LogP contribution in [0, 0.1) is 0 Å². The lowest BCUT2D eigenvalue weighted by atomic mass is 10.2. The number of nitrogens with one attached hydrogen (secondary N) is 2. The Morgan fingerprint density at radius 1 is 1.21 bits per heavy atom. The number of benzene rings is 1. The van der Waals surface area contributed by atoms with Crippen LogP contribution >= 0.6 is 23.2 Å². The van der Waals surface area contributed by atoms with Gasteiger partial charge in [0.2, 0.25) is 0 Å². The number of carbonyl (C=O) groups is 1. The summed E-state index contributed by atoms with van der Waals surface area (Å²) >= 11 is 12.2. The van der Waals surface area contributed by atoms with Gasteiger partial charge in [0.15, 0.2) is 11.2 Å². The van der Waals surface area contributed by atoms with Crippen molar-refractivity contribution < 1.29 is 4.79 Å². The molecule has 0 saturated carbocycles. The fourth-order valence-electron chi connectivity index (χ4n) is 2.71. The minimum Gasteiger partial charge on any atom is -0.320 e. The minimum absolute atomic E-state index is 0.00128. The van der Waals surface area contributed by atoms with E-state index in [9.17, 15) is 14.4 Å². The van der Waals surface area contributed by atoms with E-state index in [0.29, 0.717) is 5.56 Å². The fraction of sp³-hybridized carbons (Fsp3) is 0.0588. The number of carbonyl (C=O) groups excluding carboxylic acids is 1. The zero-order valence-electron chi connectivity index (χ0n) is 14.7. The second-order valence-electron chi connectivity index (χ2n) is 5.96. The quantitative estimate of drug-likeness (QED) is 0.508. The summed E-state index contributed by atoms with van der Waals surface area (Å²) in [7, 11) is 1.68. The Balaban J connectivity index is 1.82. The molecule has 0 unspecified atom stereocenters. The maximum absolute atomic E-state index is 12.8. The summed E-state index contributed by atoms with van der Waals surface area (Å²) in [6.45, 7) is 0. The number of rotatable bonds is 3. The molecule has 1 amide bonds. The molecule has 29 heavy (non-hydrogen) atoms. The van der Waals surface area contributed by atoms with E-state index >= 15 is 0 Å². The number of aromatic amines is 1. The van der Waals surface area contributed by atoms with Crippen LogP contribution in [0.1, 0.15) is 10.4 Å². The average molecular weight is 432 g/mol. The normalized spacial score (nSPS) is 11.0. The molecule has 4 rings (SSSR count). The first-order valence-corrected chi connectivity index (χ1v) is 8.87. The first-order valence-electron chi connectivity index (χ1n) is 8.11. The second-order valence-corrected chi connectivity index (χ2v) is 6.72. The van der Waals surface area contributed by atoms with Crippen LogP contribution in [0.3, 0.4) is 0 Å². The molecular weight excluding hydrogens is 421 g/mol. The van der Waals surface area contributed by atoms with Gasteiger partial charge >= 0.3 is 5.69 Å². The molecule has 0 aliphatic rings. The molecule has 0 aliphatic carbocycles. The summed E-state index contributed by atoms with van der Waals surface area (Å²) in [5.74, 6) is -0.447. The SMILES string of the molecule is Cn1cc(C(=O)Nc2cccc(-n3c(=O)[nH]c4nc(Cl)cnc4c3=O)c2Cl)cn1. The van der Waals surface area contributed by atoms with Gasteiger partial charge in [-0.05, 0) is 12.1 Å². The van der Waals surface area contributed by atoms with E-state index in [4.69, 9.17) is 23.2 Å². The van der Waals surface area contributed by atoms with Gasteiger partial charge in [-0.2, -0.15) is 5.10 Å². The third-order valence-corrected chi connectivity index (χ3v) is 4.59. The van der Waals surface area contributed by atoms with Crippen LogP contribution in [0.5, 0.6) is 0 Å². The number of fused-ring (bicyclic) bond motifs is 1. The molecule has 0 aliphatic heterocycles. The number of nitrogens with zero attached hydrogens (tertiary/aromatic N) is 5. The molecule has 146 valence electrons. The Labute approximate surface area is 171 Å². The Kier molecular flexibility index (Phi) is 4.65. The molecule has 2 N–H and O–H groups in total. The number of aromatic nitrogens is 6. The van der Waals surface area contributed by atoms with Crippen molar-refractivity contribution in [2.75, 3.05) is 5.32 Å². The van der Waals surface area contributed by atoms with Crippen LogP contribution in [-0.4, -0.2) is 35.2 Å². The largest absolute Gasteiger partial charge is 0.334 e. The predicted octanol–water partition coefficient (Wildman–Crippen LogP) is 1.76. The summed E-state index contributed by atoms with van der Waals surface area (Å²) in [6.07, 6.45) is 4.13. The highest BCUT2D eigenvalue weighted by atomic mass is 35.5. The highest BCUT2D eigenvalue weighted by Gasteiger charge is 2.17. The summed E-state index contributed by atoms with van der Waals surface area (Å²) in [5, 5.41) is 6.60. The lowest BCUT2D eigenvalue weighted by Gasteiger charge is -2.12. The number of halogens is 2. The molecule has 12 heteroatoms. The molecule has 3 heterocycles. The second kappa shape index (κ2) is 7.15. The van der Waals surface area contributed by atoms with Crippen molar-refractivity contribution in [1.29, 1.82) is 0 Å². The van der Waals surface area contributed by atoms with Crippen molar-refractivity contribution in [3.63, 3.8) is 0 Å². The van der Waals surface area contributed by atoms with E-state index in [1.807, 2.05) is 0 Å². The monoisotopic (exact) mass is 431 g/mol. The lowest BCUT2D eigenvalue weighted by Crippen LogP contribution is -2.34. The highest BCUT2D eigenvalue weighted by molar-refractivity contribution is 6.35. The molecule has 0 spiro atoms. The van der Waals surface area contributed by atoms with Gasteiger partial charge < -0.3 is 5.32 Å². The minimum atomic E-state index is -0.781. The van der Waals surface area contributed by atoms with Gasteiger partial charge in [0.1, 0.15) is 5.15 Å². The Morgan fingerprint density at radius 3 is 2.72 bits per heavy atom. The molecule has 0 radical (unpaired) electrons. The van der Waals surface area contributed by atoms with Crippen molar-refractivity contribution in [1.82, 2.24) is 29.3 Å². The molecule has 0 bridgehead atoms. The highest BCUT2D eigenvalue weighted by Crippen LogP contribution is 2.28. The standard InChI is InChI=1S/C17H11Cl2N7O3/c1-25-7-8(5-21-25)15(27)22-9-3-2-4-10(12(9)19)26-16(28)13-14(24-17(26)29)23-11(18)6-20-13/h2-7H,1H3,(H,22,27)(H,23,24,29). The molecule has 3 aromatic heterocycles. The first-order chi connectivity index (χ1) is 13.8. The van der Waals surface area contributed by atoms with Crippen LogP contribution in [0.15, 0.2) is 46.4 Å². The lowest BCUT2D eigenvalue weighted by molar-refractivity contribution is 0.102. The van der Waals surface area contributed by atoms with Crippen molar-refractivity contribution in [2.24, 2.45) is 7.05 Å². The predicted molar refractivity (Wildman–Crippen MR) is 107 cm³/mol. The van der Waals surface area contributed by atoms with Crippen molar-refractivity contribution in [2.45, 2.75) is 0 Å². The van der Waals surface area contributed by atoms with Gasteiger partial charge in [-0.25, -0.2) is 19.3 Å². The first kappa shape index (κ1) is 18.8. The van der Waals surface area contributed by atoms with E-state index in [1.165, 1.54) is 29.3 Å². The topological polar surface area (TPSA) is 128 Å². The smallest absolute Gasteiger partial charge is 0.320 e. The van der Waals surface area contributed by atoms with Crippen molar-refractivity contribution in [3.05, 3.63) is 73.4 Å². The molecule has 0 fully saturated rings. The van der Waals surface area contributed by atoms with Gasteiger partial charge in [0, 0.05) is 13.2 Å². The van der Waals surface area contributed by atoms with E-state index in [0.717, 1.165) is 4.57 Å². The van der Waals surface area contributed by atoms with Gasteiger partial charge in [0.25, 0.3) is 11.5 Å². The molecular formula is C17H11Cl2N7O3. The third-order valence-electron chi connectivity index (χ3n) is 4.01. The Morgan fingerprint density at radius 2 is 2.00 bits per heavy atom. The molecule has 10 nitrogen and oxygen atoms in total. The number of amides is 1. The van der Waals surface area contributed by atoms with E-state index in [1.54, 1.807) is 19.2 Å². The van der Waals surface area contributed by atoms with E-state index < -0.39 is 17.2 Å². The van der Waals surface area contributed by atoms with Gasteiger partial charge in [-0.3, -0.25) is 19.3 Å². The van der Waals surface area contributed by atoms with E-state index in [-0.39, 0.29) is 32.7 Å². The summed E-state index contributed by atoms with van der Waals surface area (Å²) in [5.41, 5.74) is -1.04. The third kappa shape index (κ3) is 3.39. The fourth-order valence-corrected chi connectivity index (χ4v) is 3.10. The van der Waals surface area contributed by atoms with Gasteiger partial charge in [-0.15, -0.1) is 0 Å². The molecule has 4 aromatic rings.